The number of rotatable bonds is 16. The highest BCUT2D eigenvalue weighted by Crippen LogP contribution is 2.05. The molecule has 1 rings (SSSR count). The number of H-pyrrole nitrogens is 1. The zero-order chi connectivity index (χ0) is 25.7. The van der Waals surface area contributed by atoms with Gasteiger partial charge >= 0.3 is 11.9 Å². The molecule has 0 fully saturated rings. The second kappa shape index (κ2) is 14.9. The van der Waals surface area contributed by atoms with Crippen LogP contribution in [0.4, 0.5) is 0 Å². The summed E-state index contributed by atoms with van der Waals surface area (Å²) in [6, 6.07) is -5.16. The van der Waals surface area contributed by atoms with Crippen molar-refractivity contribution in [2.24, 2.45) is 5.73 Å². The number of imidazole rings is 1. The van der Waals surface area contributed by atoms with Crippen molar-refractivity contribution in [1.29, 1.82) is 0 Å². The summed E-state index contributed by atoms with van der Waals surface area (Å²) in [7, 11) is 0. The van der Waals surface area contributed by atoms with Crippen LogP contribution in [0.2, 0.25) is 0 Å². The van der Waals surface area contributed by atoms with Crippen molar-refractivity contribution in [3.05, 3.63) is 18.2 Å². The van der Waals surface area contributed by atoms with E-state index >= 15 is 0 Å². The Labute approximate surface area is 199 Å². The van der Waals surface area contributed by atoms with E-state index < -0.39 is 66.9 Å². The van der Waals surface area contributed by atoms with Gasteiger partial charge in [0.1, 0.15) is 18.1 Å². The SMILES string of the molecule is CSCCC(N)C(=O)NC(Cc1cnc[nH]1)C(=O)NC(CCC(=O)O)C(=O)NC(CO)C(=O)O. The van der Waals surface area contributed by atoms with Crippen LogP contribution >= 0.6 is 11.8 Å². The maximum atomic E-state index is 13.0. The number of nitrogens with two attached hydrogens (primary N) is 1. The first-order valence-electron chi connectivity index (χ1n) is 10.3. The van der Waals surface area contributed by atoms with Gasteiger partial charge in [0.25, 0.3) is 0 Å². The summed E-state index contributed by atoms with van der Waals surface area (Å²) >= 11 is 1.50. The van der Waals surface area contributed by atoms with Crippen LogP contribution in [-0.2, 0) is 30.4 Å². The third-order valence-corrected chi connectivity index (χ3v) is 5.30. The number of aliphatic hydroxyl groups is 1. The van der Waals surface area contributed by atoms with Gasteiger partial charge in [0.2, 0.25) is 17.7 Å². The number of nitrogens with one attached hydrogen (secondary N) is 4. The fourth-order valence-electron chi connectivity index (χ4n) is 2.75. The quantitative estimate of drug-likeness (QED) is 0.117. The third kappa shape index (κ3) is 10.2. The number of carbonyl (C=O) groups excluding carboxylic acids is 3. The van der Waals surface area contributed by atoms with Crippen LogP contribution in [0.25, 0.3) is 0 Å². The van der Waals surface area contributed by atoms with Crippen LogP contribution < -0.4 is 21.7 Å². The standard InChI is InChI=1S/C19H30N6O8S/c1-34-5-4-11(20)16(29)24-13(6-10-7-21-9-22-10)18(31)23-12(2-3-15(27)28)17(30)25-14(8-26)19(32)33/h7,9,11-14,26H,2-6,8,20H2,1H3,(H,21,22)(H,23,31)(H,24,29)(H,25,30)(H,27,28)(H,32,33). The molecule has 0 radical (unpaired) electrons. The third-order valence-electron chi connectivity index (χ3n) is 4.66. The number of hydrogen-bond donors (Lipinski definition) is 8. The Bertz CT molecular complexity index is 837. The Balaban J connectivity index is 3.02. The summed E-state index contributed by atoms with van der Waals surface area (Å²) < 4.78 is 0. The Kier molecular flexibility index (Phi) is 12.6. The highest BCUT2D eigenvalue weighted by Gasteiger charge is 2.30. The van der Waals surface area contributed by atoms with Crippen LogP contribution in [-0.4, -0.2) is 97.7 Å². The normalized spacial score (nSPS) is 14.3. The van der Waals surface area contributed by atoms with Gasteiger partial charge in [0.05, 0.1) is 19.0 Å². The molecule has 4 unspecified atom stereocenters. The molecular formula is C19H30N6O8S. The van der Waals surface area contributed by atoms with Gasteiger partial charge in [-0.05, 0) is 24.9 Å². The molecule has 0 aromatic carbocycles. The number of aromatic nitrogens is 2. The Morgan fingerprint density at radius 2 is 1.65 bits per heavy atom. The maximum absolute atomic E-state index is 13.0. The number of aliphatic hydroxyl groups excluding tert-OH is 1. The predicted octanol–water partition coefficient (Wildman–Crippen LogP) is -2.57. The maximum Gasteiger partial charge on any atom is 0.328 e. The Morgan fingerprint density at radius 3 is 2.18 bits per heavy atom. The number of hydrogen-bond acceptors (Lipinski definition) is 9. The number of carboxylic acids is 2. The van der Waals surface area contributed by atoms with Crippen LogP contribution in [0, 0.1) is 0 Å². The summed E-state index contributed by atoms with van der Waals surface area (Å²) in [4.78, 5) is 66.7. The van der Waals surface area contributed by atoms with E-state index in [-0.39, 0.29) is 12.8 Å². The zero-order valence-electron chi connectivity index (χ0n) is 18.5. The van der Waals surface area contributed by atoms with Crippen LogP contribution in [0.1, 0.15) is 25.0 Å². The van der Waals surface area contributed by atoms with Gasteiger partial charge in [-0.1, -0.05) is 0 Å². The lowest BCUT2D eigenvalue weighted by Gasteiger charge is -2.24. The molecule has 190 valence electrons. The minimum atomic E-state index is -1.65. The average Bonchev–Trinajstić information content (AvgIpc) is 3.30. The number of aromatic amines is 1. The van der Waals surface area contributed by atoms with Gasteiger partial charge in [0, 0.05) is 24.7 Å². The lowest BCUT2D eigenvalue weighted by atomic mass is 10.1. The fourth-order valence-corrected chi connectivity index (χ4v) is 3.24. The molecule has 0 aliphatic heterocycles. The Hall–Kier alpha value is -3.17. The minimum absolute atomic E-state index is 0.0333. The van der Waals surface area contributed by atoms with Crippen molar-refractivity contribution in [2.45, 2.75) is 49.9 Å². The molecule has 1 aromatic heterocycles. The summed E-state index contributed by atoms with van der Waals surface area (Å²) in [5.41, 5.74) is 6.36. The van der Waals surface area contributed by atoms with E-state index in [0.29, 0.717) is 17.9 Å². The number of aliphatic carboxylic acids is 2. The molecule has 0 spiro atoms. The second-order valence-electron chi connectivity index (χ2n) is 7.31. The van der Waals surface area contributed by atoms with Gasteiger partial charge in [-0.3, -0.25) is 19.2 Å². The second-order valence-corrected chi connectivity index (χ2v) is 8.29. The molecule has 1 heterocycles. The number of amides is 3. The molecule has 0 aliphatic carbocycles. The summed E-state index contributed by atoms with van der Waals surface area (Å²) in [5.74, 6) is -4.54. The van der Waals surface area contributed by atoms with E-state index in [1.54, 1.807) is 0 Å². The van der Waals surface area contributed by atoms with Crippen molar-refractivity contribution in [3.63, 3.8) is 0 Å². The number of carbonyl (C=O) groups is 5. The molecule has 9 N–H and O–H groups in total. The molecule has 3 amide bonds. The van der Waals surface area contributed by atoms with E-state index in [2.05, 4.69) is 20.6 Å². The largest absolute Gasteiger partial charge is 0.481 e. The molecule has 0 aliphatic rings. The monoisotopic (exact) mass is 502 g/mol. The number of thioether (sulfide) groups is 1. The predicted molar refractivity (Wildman–Crippen MR) is 121 cm³/mol. The van der Waals surface area contributed by atoms with Crippen molar-refractivity contribution in [1.82, 2.24) is 25.9 Å². The minimum Gasteiger partial charge on any atom is -0.481 e. The van der Waals surface area contributed by atoms with E-state index in [1.807, 2.05) is 11.6 Å². The molecule has 0 saturated heterocycles. The van der Waals surface area contributed by atoms with E-state index in [4.69, 9.17) is 21.1 Å². The molecule has 1 aromatic rings. The molecule has 0 saturated carbocycles. The van der Waals surface area contributed by atoms with E-state index in [0.717, 1.165) is 0 Å². The van der Waals surface area contributed by atoms with Gasteiger partial charge in [-0.25, -0.2) is 9.78 Å². The molecule has 4 atom stereocenters. The lowest BCUT2D eigenvalue weighted by Crippen LogP contribution is -2.58. The molecule has 14 nitrogen and oxygen atoms in total. The van der Waals surface area contributed by atoms with Gasteiger partial charge in [-0.15, -0.1) is 0 Å². The number of nitrogens with zero attached hydrogens (tertiary/aromatic N) is 1. The van der Waals surface area contributed by atoms with Gasteiger partial charge in [-0.2, -0.15) is 11.8 Å². The number of carboxylic acid groups (broad SMARTS) is 2. The summed E-state index contributed by atoms with van der Waals surface area (Å²) in [6.07, 6.45) is 4.14. The smallest absolute Gasteiger partial charge is 0.328 e. The topological polar surface area (TPSA) is 237 Å². The molecule has 15 heteroatoms. The molecule has 34 heavy (non-hydrogen) atoms. The van der Waals surface area contributed by atoms with Gasteiger partial charge < -0.3 is 42.0 Å². The molecular weight excluding hydrogens is 472 g/mol. The van der Waals surface area contributed by atoms with E-state index in [1.165, 1.54) is 24.3 Å². The van der Waals surface area contributed by atoms with Crippen molar-refractivity contribution >= 4 is 41.4 Å². The summed E-state index contributed by atoms with van der Waals surface area (Å²) in [5, 5.41) is 34.0. The van der Waals surface area contributed by atoms with Crippen molar-refractivity contribution in [2.75, 3.05) is 18.6 Å². The lowest BCUT2D eigenvalue weighted by molar-refractivity contribution is -0.144. The fraction of sp³-hybridized carbons (Fsp3) is 0.579. The summed E-state index contributed by atoms with van der Waals surface area (Å²) in [6.45, 7) is -0.910. The van der Waals surface area contributed by atoms with Gasteiger partial charge in [0.15, 0.2) is 0 Å². The first kappa shape index (κ1) is 28.9. The van der Waals surface area contributed by atoms with Crippen molar-refractivity contribution < 1.29 is 39.3 Å². The average molecular weight is 503 g/mol. The van der Waals surface area contributed by atoms with Crippen LogP contribution in [0.15, 0.2) is 12.5 Å². The highest BCUT2D eigenvalue weighted by atomic mass is 32.2. The van der Waals surface area contributed by atoms with E-state index in [9.17, 15) is 24.0 Å². The first-order chi connectivity index (χ1) is 16.1. The van der Waals surface area contributed by atoms with Crippen LogP contribution in [0.5, 0.6) is 0 Å². The molecule has 0 bridgehead atoms. The Morgan fingerprint density at radius 1 is 1.03 bits per heavy atom. The first-order valence-corrected chi connectivity index (χ1v) is 11.7. The highest BCUT2D eigenvalue weighted by molar-refractivity contribution is 7.98. The van der Waals surface area contributed by atoms with Crippen molar-refractivity contribution in [3.8, 4) is 0 Å². The van der Waals surface area contributed by atoms with Crippen LogP contribution in [0.3, 0.4) is 0 Å². The zero-order valence-corrected chi connectivity index (χ0v) is 19.3.